The lowest BCUT2D eigenvalue weighted by Crippen LogP contribution is -2.30. The fourth-order valence-electron chi connectivity index (χ4n) is 3.65. The summed E-state index contributed by atoms with van der Waals surface area (Å²) in [5.41, 5.74) is 2.58. The van der Waals surface area contributed by atoms with Gasteiger partial charge in [0.25, 0.3) is 0 Å². The molecule has 0 radical (unpaired) electrons. The highest BCUT2D eigenvalue weighted by molar-refractivity contribution is 5.95. The number of aryl methyl sites for hydroxylation is 2. The number of hydrogen-bond donors (Lipinski definition) is 2. The van der Waals surface area contributed by atoms with Gasteiger partial charge >= 0.3 is 0 Å². The average Bonchev–Trinajstić information content (AvgIpc) is 3.22. The van der Waals surface area contributed by atoms with Crippen molar-refractivity contribution in [2.24, 2.45) is 7.05 Å². The highest BCUT2D eigenvalue weighted by Gasteiger charge is 2.20. The van der Waals surface area contributed by atoms with Crippen molar-refractivity contribution in [2.45, 2.75) is 38.3 Å². The average molecular weight is 379 g/mol. The molecule has 0 fully saturated rings. The van der Waals surface area contributed by atoms with E-state index in [-0.39, 0.29) is 5.91 Å². The zero-order chi connectivity index (χ0) is 19.5. The van der Waals surface area contributed by atoms with Crippen LogP contribution >= 0.6 is 0 Å². The van der Waals surface area contributed by atoms with E-state index in [9.17, 15) is 4.79 Å². The Morgan fingerprint density at radius 3 is 2.68 bits per heavy atom. The van der Waals surface area contributed by atoms with Crippen molar-refractivity contribution in [1.29, 1.82) is 0 Å². The zero-order valence-corrected chi connectivity index (χ0v) is 16.2. The molecule has 1 aromatic carbocycles. The van der Waals surface area contributed by atoms with Crippen molar-refractivity contribution in [3.05, 3.63) is 48.0 Å². The molecule has 28 heavy (non-hydrogen) atoms. The van der Waals surface area contributed by atoms with Crippen LogP contribution in [0.2, 0.25) is 0 Å². The Morgan fingerprint density at radius 1 is 1.14 bits per heavy atom. The largest absolute Gasteiger partial charge is 0.324 e. The molecule has 0 aliphatic carbocycles. The molecule has 4 rings (SSSR count). The first kappa shape index (κ1) is 18.4. The summed E-state index contributed by atoms with van der Waals surface area (Å²) in [6, 6.07) is 7.32. The predicted octanol–water partition coefficient (Wildman–Crippen LogP) is 2.30. The third-order valence-corrected chi connectivity index (χ3v) is 5.13. The summed E-state index contributed by atoms with van der Waals surface area (Å²) in [5, 5.41) is 18.9. The number of benzene rings is 1. The van der Waals surface area contributed by atoms with Gasteiger partial charge < -0.3 is 15.2 Å². The Bertz CT molecular complexity index is 957. The Labute approximate surface area is 164 Å². The minimum atomic E-state index is -0.458. The molecule has 3 heterocycles. The smallest absolute Gasteiger partial charge is 0.246 e. The van der Waals surface area contributed by atoms with Crippen molar-refractivity contribution >= 4 is 11.6 Å². The molecule has 0 bridgehead atoms. The van der Waals surface area contributed by atoms with Crippen LogP contribution in [0.4, 0.5) is 5.69 Å². The molecule has 1 amide bonds. The zero-order valence-electron chi connectivity index (χ0n) is 16.2. The number of likely N-dealkylation sites (N-methyl/N-ethyl adjacent to an activating group) is 1. The van der Waals surface area contributed by atoms with Crippen molar-refractivity contribution in [1.82, 2.24) is 29.9 Å². The lowest BCUT2D eigenvalue weighted by molar-refractivity contribution is -0.118. The second-order valence-electron chi connectivity index (χ2n) is 7.14. The lowest BCUT2D eigenvalue weighted by Gasteiger charge is -2.15. The number of fused-ring (bicyclic) bond motifs is 1. The van der Waals surface area contributed by atoms with E-state index in [1.165, 1.54) is 12.8 Å². The maximum atomic E-state index is 12.7. The number of aromatic nitrogens is 5. The number of rotatable bonds is 5. The number of carbonyl (C=O) groups excluding carboxylic acids is 1. The van der Waals surface area contributed by atoms with Crippen molar-refractivity contribution < 1.29 is 4.79 Å². The standard InChI is InChI=1S/C20H25N7O/c1-21-18(15-12-22-26(2)13-15)20(28)23-16-9-7-14(8-10-16)19-25-24-17-6-4-3-5-11-27(17)19/h7-10,12-13,18,21H,3-6,11H2,1-2H3,(H,23,28). The van der Waals surface area contributed by atoms with Crippen LogP contribution in [0.1, 0.15) is 36.7 Å². The van der Waals surface area contributed by atoms with E-state index in [0.29, 0.717) is 0 Å². The monoisotopic (exact) mass is 379 g/mol. The van der Waals surface area contributed by atoms with Gasteiger partial charge in [-0.2, -0.15) is 5.10 Å². The Hall–Kier alpha value is -3.00. The molecule has 146 valence electrons. The number of nitrogens with zero attached hydrogens (tertiary/aromatic N) is 5. The van der Waals surface area contributed by atoms with Gasteiger partial charge in [0.15, 0.2) is 5.82 Å². The first-order valence-electron chi connectivity index (χ1n) is 9.65. The third-order valence-electron chi connectivity index (χ3n) is 5.13. The summed E-state index contributed by atoms with van der Waals surface area (Å²) in [5.74, 6) is 1.84. The highest BCUT2D eigenvalue weighted by atomic mass is 16.2. The molecule has 1 aliphatic rings. The van der Waals surface area contributed by atoms with Gasteiger partial charge in [-0.25, -0.2) is 0 Å². The van der Waals surface area contributed by atoms with Crippen LogP contribution < -0.4 is 10.6 Å². The second kappa shape index (κ2) is 7.93. The van der Waals surface area contributed by atoms with Crippen LogP contribution in [0.25, 0.3) is 11.4 Å². The van der Waals surface area contributed by atoms with Crippen LogP contribution in [0.5, 0.6) is 0 Å². The fourth-order valence-corrected chi connectivity index (χ4v) is 3.65. The molecule has 3 aromatic rings. The van der Waals surface area contributed by atoms with Crippen LogP contribution in [-0.4, -0.2) is 37.5 Å². The van der Waals surface area contributed by atoms with Crippen molar-refractivity contribution in [2.75, 3.05) is 12.4 Å². The summed E-state index contributed by atoms with van der Waals surface area (Å²) in [4.78, 5) is 12.7. The van der Waals surface area contributed by atoms with Gasteiger partial charge in [0.2, 0.25) is 5.91 Å². The molecular formula is C20H25N7O. The third kappa shape index (κ3) is 3.68. The quantitative estimate of drug-likeness (QED) is 0.710. The number of anilines is 1. The second-order valence-corrected chi connectivity index (χ2v) is 7.14. The van der Waals surface area contributed by atoms with E-state index < -0.39 is 6.04 Å². The minimum Gasteiger partial charge on any atom is -0.324 e. The van der Waals surface area contributed by atoms with Gasteiger partial charge in [0, 0.05) is 43.0 Å². The number of nitrogens with one attached hydrogen (secondary N) is 2. The van der Waals surface area contributed by atoms with Crippen LogP contribution in [0.15, 0.2) is 36.7 Å². The predicted molar refractivity (Wildman–Crippen MR) is 107 cm³/mol. The SMILES string of the molecule is CNC(C(=O)Nc1ccc(-c2nnc3n2CCCCC3)cc1)c1cnn(C)c1. The summed E-state index contributed by atoms with van der Waals surface area (Å²) < 4.78 is 3.91. The fraction of sp³-hybridized carbons (Fsp3) is 0.400. The molecule has 0 saturated heterocycles. The molecule has 0 saturated carbocycles. The number of hydrogen-bond acceptors (Lipinski definition) is 5. The minimum absolute atomic E-state index is 0.125. The maximum Gasteiger partial charge on any atom is 0.246 e. The molecule has 1 aliphatic heterocycles. The maximum absolute atomic E-state index is 12.7. The first-order chi connectivity index (χ1) is 13.7. The molecule has 1 atom stereocenters. The van der Waals surface area contributed by atoms with Crippen molar-refractivity contribution in [3.8, 4) is 11.4 Å². The van der Waals surface area contributed by atoms with E-state index in [2.05, 4.69) is 30.5 Å². The van der Waals surface area contributed by atoms with Gasteiger partial charge in [-0.3, -0.25) is 9.48 Å². The van der Waals surface area contributed by atoms with Crippen molar-refractivity contribution in [3.63, 3.8) is 0 Å². The number of carbonyl (C=O) groups is 1. The molecule has 8 heteroatoms. The molecule has 0 spiro atoms. The van der Waals surface area contributed by atoms with E-state index >= 15 is 0 Å². The summed E-state index contributed by atoms with van der Waals surface area (Å²) in [6.45, 7) is 0.963. The summed E-state index contributed by atoms with van der Waals surface area (Å²) in [6.07, 6.45) is 8.08. The Kier molecular flexibility index (Phi) is 5.21. The van der Waals surface area contributed by atoms with Gasteiger partial charge in [0.05, 0.1) is 6.20 Å². The lowest BCUT2D eigenvalue weighted by atomic mass is 10.1. The molecule has 1 unspecified atom stereocenters. The molecule has 8 nitrogen and oxygen atoms in total. The van der Waals surface area contributed by atoms with Crippen LogP contribution in [0.3, 0.4) is 0 Å². The van der Waals surface area contributed by atoms with E-state index in [1.807, 2.05) is 37.5 Å². The van der Waals surface area contributed by atoms with Crippen LogP contribution in [-0.2, 0) is 24.8 Å². The van der Waals surface area contributed by atoms with Gasteiger partial charge in [-0.05, 0) is 44.2 Å². The topological polar surface area (TPSA) is 89.7 Å². The Morgan fingerprint density at radius 2 is 1.96 bits per heavy atom. The molecule has 2 aromatic heterocycles. The summed E-state index contributed by atoms with van der Waals surface area (Å²) >= 11 is 0. The first-order valence-corrected chi connectivity index (χ1v) is 9.65. The summed E-state index contributed by atoms with van der Waals surface area (Å²) in [7, 11) is 3.59. The van der Waals surface area contributed by atoms with Gasteiger partial charge in [0.1, 0.15) is 11.9 Å². The molecular weight excluding hydrogens is 354 g/mol. The van der Waals surface area contributed by atoms with E-state index in [1.54, 1.807) is 17.9 Å². The van der Waals surface area contributed by atoms with Crippen LogP contribution in [0, 0.1) is 0 Å². The molecule has 2 N–H and O–H groups in total. The normalized spacial score (nSPS) is 14.9. The van der Waals surface area contributed by atoms with E-state index in [0.717, 1.165) is 47.8 Å². The highest BCUT2D eigenvalue weighted by Crippen LogP contribution is 2.24. The van der Waals surface area contributed by atoms with E-state index in [4.69, 9.17) is 0 Å². The Balaban J connectivity index is 1.49. The number of amides is 1. The van der Waals surface area contributed by atoms with Gasteiger partial charge in [-0.15, -0.1) is 10.2 Å². The van der Waals surface area contributed by atoms with Gasteiger partial charge in [-0.1, -0.05) is 6.42 Å².